The van der Waals surface area contributed by atoms with Crippen molar-refractivity contribution in [3.63, 3.8) is 0 Å². The molecule has 2 saturated carbocycles. The summed E-state index contributed by atoms with van der Waals surface area (Å²) in [5.74, 6) is -4.78. The number of rotatable bonds is 6. The van der Waals surface area contributed by atoms with Crippen molar-refractivity contribution in [3.8, 4) is 6.07 Å². The van der Waals surface area contributed by atoms with E-state index in [0.29, 0.717) is 26.2 Å². The van der Waals surface area contributed by atoms with Crippen molar-refractivity contribution in [2.75, 3.05) is 13.1 Å². The first-order chi connectivity index (χ1) is 14.0. The number of carboxylic acids is 1. The van der Waals surface area contributed by atoms with Gasteiger partial charge in [0.05, 0.1) is 6.07 Å². The van der Waals surface area contributed by atoms with E-state index < -0.39 is 35.8 Å². The zero-order valence-corrected chi connectivity index (χ0v) is 16.8. The molecule has 1 unspecified atom stereocenters. The molecule has 0 aromatic heterocycles. The van der Waals surface area contributed by atoms with Gasteiger partial charge in [-0.15, -0.1) is 0 Å². The Hall–Kier alpha value is -2.32. The third-order valence-electron chi connectivity index (χ3n) is 5.70. The van der Waals surface area contributed by atoms with E-state index >= 15 is 0 Å². The second-order valence-electron chi connectivity index (χ2n) is 8.76. The molecular formula is C19H26F2N5O4-. The average molecular weight is 426 g/mol. The molecule has 1 saturated heterocycles. The Balaban J connectivity index is 0.000000171. The fraction of sp³-hybridized carbons (Fsp3) is 0.789. The molecule has 4 aliphatic rings. The van der Waals surface area contributed by atoms with E-state index in [4.69, 9.17) is 20.9 Å². The number of nitrogens with one attached hydrogen (secondary N) is 2. The lowest BCUT2D eigenvalue weighted by atomic mass is 9.97. The zero-order valence-electron chi connectivity index (χ0n) is 16.8. The summed E-state index contributed by atoms with van der Waals surface area (Å²) in [6.45, 7) is 2.53. The number of oxime groups is 1. The van der Waals surface area contributed by atoms with Gasteiger partial charge >= 0.3 is 5.97 Å². The molecular weight excluding hydrogens is 400 g/mol. The van der Waals surface area contributed by atoms with E-state index in [2.05, 4.69) is 15.4 Å². The zero-order chi connectivity index (χ0) is 22.2. The Morgan fingerprint density at radius 3 is 2.60 bits per heavy atom. The predicted molar refractivity (Wildman–Crippen MR) is 102 cm³/mol. The number of alkyl halides is 2. The fourth-order valence-electron chi connectivity index (χ4n) is 3.65. The highest BCUT2D eigenvalue weighted by Gasteiger charge is 2.49. The Morgan fingerprint density at radius 1 is 1.47 bits per heavy atom. The maximum Gasteiger partial charge on any atom is 0.353 e. The molecule has 0 radical (unpaired) electrons. The molecule has 166 valence electrons. The largest absolute Gasteiger partial charge is 0.667 e. The molecule has 1 spiro atoms. The van der Waals surface area contributed by atoms with Gasteiger partial charge in [-0.1, -0.05) is 11.2 Å². The van der Waals surface area contributed by atoms with Crippen LogP contribution in [0, 0.1) is 11.3 Å². The third-order valence-corrected chi connectivity index (χ3v) is 5.70. The van der Waals surface area contributed by atoms with Crippen molar-refractivity contribution < 1.29 is 28.3 Å². The first kappa shape index (κ1) is 22.4. The summed E-state index contributed by atoms with van der Waals surface area (Å²) in [6.07, 6.45) is 4.18. The summed E-state index contributed by atoms with van der Waals surface area (Å²) < 4.78 is 25.0. The number of carboxylic acid groups (broad SMARTS) is 1. The number of nitriles is 1. The average Bonchev–Trinajstić information content (AvgIpc) is 3.58. The molecule has 2 aliphatic heterocycles. The van der Waals surface area contributed by atoms with Crippen LogP contribution in [0.2, 0.25) is 0 Å². The van der Waals surface area contributed by atoms with Gasteiger partial charge in [0.25, 0.3) is 0 Å². The van der Waals surface area contributed by atoms with Gasteiger partial charge in [-0.25, -0.2) is 13.6 Å². The third kappa shape index (κ3) is 5.64. The van der Waals surface area contributed by atoms with Crippen LogP contribution in [0.25, 0.3) is 5.73 Å². The SMILES string of the molecule is CC(F)(F)C[C@H]([NH-])C(=O)NC1(C#N)CC1.O=C(O)C1=NOC2(CCN(C3CC3)C2)C1. The highest BCUT2D eigenvalue weighted by molar-refractivity contribution is 6.36. The normalized spacial score (nSPS) is 27.9. The van der Waals surface area contributed by atoms with Crippen LogP contribution in [0.5, 0.6) is 0 Å². The second-order valence-corrected chi connectivity index (χ2v) is 8.76. The predicted octanol–water partition coefficient (Wildman–Crippen LogP) is 2.08. The molecule has 3 N–H and O–H groups in total. The van der Waals surface area contributed by atoms with Crippen molar-refractivity contribution in [1.82, 2.24) is 10.2 Å². The van der Waals surface area contributed by atoms with E-state index in [-0.39, 0.29) is 11.3 Å². The van der Waals surface area contributed by atoms with Crippen LogP contribution in [0.4, 0.5) is 8.78 Å². The Kier molecular flexibility index (Phi) is 6.02. The maximum absolute atomic E-state index is 12.5. The highest BCUT2D eigenvalue weighted by atomic mass is 19.3. The van der Waals surface area contributed by atoms with E-state index in [9.17, 15) is 18.4 Å². The minimum absolute atomic E-state index is 0.174. The van der Waals surface area contributed by atoms with E-state index in [1.54, 1.807) is 0 Å². The number of carbonyl (C=O) groups excluding carboxylic acids is 1. The molecule has 2 atom stereocenters. The van der Waals surface area contributed by atoms with Crippen LogP contribution in [0.1, 0.15) is 51.9 Å². The highest BCUT2D eigenvalue weighted by Crippen LogP contribution is 2.39. The number of carbonyl (C=O) groups is 2. The van der Waals surface area contributed by atoms with Crippen LogP contribution < -0.4 is 5.32 Å². The van der Waals surface area contributed by atoms with Gasteiger partial charge in [0, 0.05) is 38.4 Å². The minimum atomic E-state index is -3.03. The van der Waals surface area contributed by atoms with Gasteiger partial charge < -0.3 is 21.0 Å². The summed E-state index contributed by atoms with van der Waals surface area (Å²) in [5, 5.41) is 23.5. The van der Waals surface area contributed by atoms with Gasteiger partial charge in [-0.05, 0) is 32.6 Å². The molecule has 0 bridgehead atoms. The van der Waals surface area contributed by atoms with E-state index in [1.807, 2.05) is 6.07 Å². The number of halogens is 2. The molecule has 11 heteroatoms. The van der Waals surface area contributed by atoms with Gasteiger partial charge in [0.1, 0.15) is 5.54 Å². The van der Waals surface area contributed by atoms with Crippen molar-refractivity contribution in [2.45, 2.75) is 81.0 Å². The Bertz CT molecular complexity index is 770. The van der Waals surface area contributed by atoms with Gasteiger partial charge in [-0.2, -0.15) is 5.26 Å². The summed E-state index contributed by atoms with van der Waals surface area (Å²) in [5.41, 5.74) is 6.18. The lowest BCUT2D eigenvalue weighted by molar-refractivity contribution is -0.129. The monoisotopic (exact) mass is 426 g/mol. The summed E-state index contributed by atoms with van der Waals surface area (Å²) in [6, 6.07) is 1.10. The molecule has 0 aromatic carbocycles. The first-order valence-corrected chi connectivity index (χ1v) is 10.0. The fourth-order valence-corrected chi connectivity index (χ4v) is 3.65. The topological polar surface area (TPSA) is 139 Å². The molecule has 0 aromatic rings. The molecule has 30 heavy (non-hydrogen) atoms. The molecule has 2 heterocycles. The molecule has 3 fully saturated rings. The second kappa shape index (κ2) is 8.07. The van der Waals surface area contributed by atoms with Crippen molar-refractivity contribution in [1.29, 1.82) is 5.26 Å². The molecule has 1 amide bonds. The van der Waals surface area contributed by atoms with Gasteiger partial charge in [0.2, 0.25) is 11.8 Å². The number of likely N-dealkylation sites (tertiary alicyclic amines) is 1. The number of hydrogen-bond acceptors (Lipinski definition) is 6. The van der Waals surface area contributed by atoms with Crippen LogP contribution in [-0.4, -0.2) is 69.8 Å². The standard InChI is InChI=1S/C10H14N2O3.C9H12F2N3O/c13-9(14)8-5-10(15-11-8)3-4-12(6-10)7-1-2-7;1-8(10,11)4-6(13)7(15)14-9(5-12)2-3-9/h7H,1-6H2,(H,13,14);6,13H,2-4H2,1H3,(H,14,15)/q;-1/t;6-/m.0/s1. The van der Waals surface area contributed by atoms with Crippen LogP contribution in [0.3, 0.4) is 0 Å². The first-order valence-electron chi connectivity index (χ1n) is 10.0. The van der Waals surface area contributed by atoms with Gasteiger partial charge in [0.15, 0.2) is 11.3 Å². The smallest absolute Gasteiger partial charge is 0.353 e. The van der Waals surface area contributed by atoms with Crippen LogP contribution >= 0.6 is 0 Å². The van der Waals surface area contributed by atoms with Crippen LogP contribution in [0.15, 0.2) is 5.16 Å². The van der Waals surface area contributed by atoms with Crippen molar-refractivity contribution in [3.05, 3.63) is 5.73 Å². The number of nitrogens with zero attached hydrogens (tertiary/aromatic N) is 3. The minimum Gasteiger partial charge on any atom is -0.667 e. The van der Waals surface area contributed by atoms with Crippen LogP contribution in [-0.2, 0) is 14.4 Å². The van der Waals surface area contributed by atoms with Crippen molar-refractivity contribution in [2.24, 2.45) is 5.16 Å². The van der Waals surface area contributed by atoms with Crippen molar-refractivity contribution >= 4 is 17.6 Å². The quantitative estimate of drug-likeness (QED) is 0.667. The number of hydrogen-bond donors (Lipinski definition) is 2. The Labute approximate surface area is 173 Å². The molecule has 2 aliphatic carbocycles. The summed E-state index contributed by atoms with van der Waals surface area (Å²) >= 11 is 0. The Morgan fingerprint density at radius 2 is 2.13 bits per heavy atom. The molecule has 4 rings (SSSR count). The number of aliphatic carboxylic acids is 1. The lowest BCUT2D eigenvalue weighted by Gasteiger charge is -2.24. The lowest BCUT2D eigenvalue weighted by Crippen LogP contribution is -2.42. The molecule has 9 nitrogen and oxygen atoms in total. The number of amides is 1. The maximum atomic E-state index is 12.5. The van der Waals surface area contributed by atoms with E-state index in [0.717, 1.165) is 25.6 Å². The summed E-state index contributed by atoms with van der Waals surface area (Å²) in [4.78, 5) is 29.7. The summed E-state index contributed by atoms with van der Waals surface area (Å²) in [7, 11) is 0. The van der Waals surface area contributed by atoms with Gasteiger partial charge in [-0.3, -0.25) is 9.69 Å². The van der Waals surface area contributed by atoms with E-state index in [1.165, 1.54) is 12.8 Å².